The summed E-state index contributed by atoms with van der Waals surface area (Å²) in [6.07, 6.45) is -0.196. The lowest BCUT2D eigenvalue weighted by Gasteiger charge is -2.17. The summed E-state index contributed by atoms with van der Waals surface area (Å²) in [6.45, 7) is 0. The minimum Gasteiger partial charge on any atom is -0.493 e. The lowest BCUT2D eigenvalue weighted by atomic mass is 10.1. The van der Waals surface area contributed by atoms with Gasteiger partial charge in [-0.05, 0) is 23.6 Å². The smallest absolute Gasteiger partial charge is 0.305 e. The number of amides is 1. The fraction of sp³-hybridized carbons (Fsp3) is 0.250. The monoisotopic (exact) mass is 335 g/mol. The molecule has 1 heterocycles. The summed E-state index contributed by atoms with van der Waals surface area (Å²) >= 11 is 1.39. The van der Waals surface area contributed by atoms with Crippen molar-refractivity contribution >= 4 is 23.2 Å². The number of carbonyl (C=O) groups excluding carboxylic acids is 1. The Labute approximate surface area is 137 Å². The van der Waals surface area contributed by atoms with Gasteiger partial charge in [0, 0.05) is 4.88 Å². The van der Waals surface area contributed by atoms with Crippen LogP contribution < -0.4 is 14.8 Å². The van der Waals surface area contributed by atoms with Crippen molar-refractivity contribution in [2.75, 3.05) is 14.2 Å². The second kappa shape index (κ2) is 7.64. The zero-order valence-electron chi connectivity index (χ0n) is 12.7. The summed E-state index contributed by atoms with van der Waals surface area (Å²) in [7, 11) is 2.93. The average Bonchev–Trinajstić information content (AvgIpc) is 3.07. The SMILES string of the molecule is COc1cccc(C(=O)NC(CC(=O)O)c2cccs2)c1OC. The van der Waals surface area contributed by atoms with Gasteiger partial charge in [-0.25, -0.2) is 0 Å². The number of para-hydroxylation sites is 1. The number of hydrogen-bond acceptors (Lipinski definition) is 5. The van der Waals surface area contributed by atoms with E-state index in [4.69, 9.17) is 14.6 Å². The number of ether oxygens (including phenoxy) is 2. The van der Waals surface area contributed by atoms with E-state index in [-0.39, 0.29) is 6.42 Å². The van der Waals surface area contributed by atoms with Crippen LogP contribution in [0.1, 0.15) is 27.7 Å². The van der Waals surface area contributed by atoms with Crippen molar-refractivity contribution in [3.05, 3.63) is 46.2 Å². The number of carbonyl (C=O) groups is 2. The molecule has 2 rings (SSSR count). The van der Waals surface area contributed by atoms with E-state index in [0.717, 1.165) is 4.88 Å². The molecule has 1 amide bonds. The van der Waals surface area contributed by atoms with Crippen LogP contribution in [0, 0.1) is 0 Å². The third-order valence-corrected chi connectivity index (χ3v) is 4.20. The summed E-state index contributed by atoms with van der Waals surface area (Å²) in [4.78, 5) is 24.4. The molecule has 7 heteroatoms. The number of methoxy groups -OCH3 is 2. The summed E-state index contributed by atoms with van der Waals surface area (Å²) in [6, 6.07) is 7.96. The van der Waals surface area contributed by atoms with Crippen LogP contribution in [-0.4, -0.2) is 31.2 Å². The third-order valence-electron chi connectivity index (χ3n) is 3.22. The van der Waals surface area contributed by atoms with E-state index in [0.29, 0.717) is 17.1 Å². The molecule has 0 aliphatic carbocycles. The van der Waals surface area contributed by atoms with Gasteiger partial charge in [-0.3, -0.25) is 9.59 Å². The van der Waals surface area contributed by atoms with Gasteiger partial charge in [0.05, 0.1) is 32.2 Å². The van der Waals surface area contributed by atoms with Gasteiger partial charge in [-0.1, -0.05) is 12.1 Å². The molecular formula is C16H17NO5S. The Hall–Kier alpha value is -2.54. The fourth-order valence-corrected chi connectivity index (χ4v) is 2.97. The number of nitrogens with one attached hydrogen (secondary N) is 1. The molecule has 1 unspecified atom stereocenters. The van der Waals surface area contributed by atoms with Crippen LogP contribution in [0.4, 0.5) is 0 Å². The van der Waals surface area contributed by atoms with E-state index in [2.05, 4.69) is 5.32 Å². The highest BCUT2D eigenvalue weighted by molar-refractivity contribution is 7.10. The predicted molar refractivity (Wildman–Crippen MR) is 86.3 cm³/mol. The van der Waals surface area contributed by atoms with Crippen LogP contribution in [0.5, 0.6) is 11.5 Å². The molecule has 1 aromatic heterocycles. The minimum atomic E-state index is -0.985. The first-order valence-corrected chi connectivity index (χ1v) is 7.71. The lowest BCUT2D eigenvalue weighted by Crippen LogP contribution is -2.30. The van der Waals surface area contributed by atoms with Crippen LogP contribution in [0.2, 0.25) is 0 Å². The Morgan fingerprint density at radius 3 is 2.57 bits per heavy atom. The van der Waals surface area contributed by atoms with Crippen LogP contribution >= 0.6 is 11.3 Å². The van der Waals surface area contributed by atoms with Gasteiger partial charge in [0.1, 0.15) is 0 Å². The van der Waals surface area contributed by atoms with Gasteiger partial charge in [0.2, 0.25) is 0 Å². The second-order valence-electron chi connectivity index (χ2n) is 4.68. The van der Waals surface area contributed by atoms with Crippen molar-refractivity contribution in [1.29, 1.82) is 0 Å². The molecule has 6 nitrogen and oxygen atoms in total. The molecule has 1 aromatic carbocycles. The molecule has 0 saturated heterocycles. The second-order valence-corrected chi connectivity index (χ2v) is 5.66. The maximum Gasteiger partial charge on any atom is 0.305 e. The Morgan fingerprint density at radius 2 is 2.00 bits per heavy atom. The molecular weight excluding hydrogens is 318 g/mol. The zero-order valence-corrected chi connectivity index (χ0v) is 13.6. The Balaban J connectivity index is 2.27. The summed E-state index contributed by atoms with van der Waals surface area (Å²) in [5.74, 6) is -0.652. The van der Waals surface area contributed by atoms with Gasteiger partial charge in [-0.2, -0.15) is 0 Å². The molecule has 0 radical (unpaired) electrons. The molecule has 0 bridgehead atoms. The van der Waals surface area contributed by atoms with Crippen molar-refractivity contribution < 1.29 is 24.2 Å². The number of benzene rings is 1. The van der Waals surface area contributed by atoms with E-state index >= 15 is 0 Å². The summed E-state index contributed by atoms with van der Waals surface area (Å²) < 4.78 is 10.4. The molecule has 0 aliphatic heterocycles. The lowest BCUT2D eigenvalue weighted by molar-refractivity contribution is -0.137. The molecule has 1 atom stereocenters. The molecule has 2 aromatic rings. The Morgan fingerprint density at radius 1 is 1.22 bits per heavy atom. The average molecular weight is 335 g/mol. The molecule has 0 saturated carbocycles. The third kappa shape index (κ3) is 4.01. The Bertz CT molecular complexity index is 684. The van der Waals surface area contributed by atoms with Crippen molar-refractivity contribution in [2.24, 2.45) is 0 Å². The highest BCUT2D eigenvalue weighted by Crippen LogP contribution is 2.31. The van der Waals surface area contributed by atoms with Gasteiger partial charge >= 0.3 is 5.97 Å². The van der Waals surface area contributed by atoms with E-state index in [1.807, 2.05) is 11.4 Å². The van der Waals surface area contributed by atoms with E-state index in [1.54, 1.807) is 24.3 Å². The van der Waals surface area contributed by atoms with Crippen molar-refractivity contribution in [1.82, 2.24) is 5.32 Å². The van der Waals surface area contributed by atoms with E-state index < -0.39 is 17.9 Å². The molecule has 0 aliphatic rings. The topological polar surface area (TPSA) is 84.9 Å². The standard InChI is InChI=1S/C16H17NO5S/c1-21-12-6-3-5-10(15(12)22-2)16(20)17-11(9-14(18)19)13-7-4-8-23-13/h3-8,11H,9H2,1-2H3,(H,17,20)(H,18,19). The van der Waals surface area contributed by atoms with E-state index in [9.17, 15) is 9.59 Å². The number of carboxylic acids is 1. The number of thiophene rings is 1. The molecule has 0 fully saturated rings. The maximum absolute atomic E-state index is 12.5. The first-order valence-electron chi connectivity index (χ1n) is 6.83. The van der Waals surface area contributed by atoms with Crippen LogP contribution in [0.3, 0.4) is 0 Å². The van der Waals surface area contributed by atoms with Crippen LogP contribution in [0.15, 0.2) is 35.7 Å². The number of rotatable bonds is 7. The number of carboxylic acid groups (broad SMARTS) is 1. The first kappa shape index (κ1) is 16.8. The van der Waals surface area contributed by atoms with Gasteiger partial charge in [0.15, 0.2) is 11.5 Å². The van der Waals surface area contributed by atoms with Crippen molar-refractivity contribution in [2.45, 2.75) is 12.5 Å². The Kier molecular flexibility index (Phi) is 5.59. The molecule has 122 valence electrons. The zero-order chi connectivity index (χ0) is 16.8. The predicted octanol–water partition coefficient (Wildman–Crippen LogP) is 2.71. The highest BCUT2D eigenvalue weighted by atomic mass is 32.1. The largest absolute Gasteiger partial charge is 0.493 e. The minimum absolute atomic E-state index is 0.196. The van der Waals surface area contributed by atoms with Gasteiger partial charge in [0.25, 0.3) is 5.91 Å². The van der Waals surface area contributed by atoms with Crippen LogP contribution in [0.25, 0.3) is 0 Å². The summed E-state index contributed by atoms with van der Waals surface area (Å²) in [5.41, 5.74) is 0.291. The maximum atomic E-state index is 12.5. The van der Waals surface area contributed by atoms with Crippen molar-refractivity contribution in [3.8, 4) is 11.5 Å². The highest BCUT2D eigenvalue weighted by Gasteiger charge is 2.22. The van der Waals surface area contributed by atoms with E-state index in [1.165, 1.54) is 25.6 Å². The van der Waals surface area contributed by atoms with Crippen molar-refractivity contribution in [3.63, 3.8) is 0 Å². The number of hydrogen-bond donors (Lipinski definition) is 2. The fourth-order valence-electron chi connectivity index (χ4n) is 2.19. The first-order chi connectivity index (χ1) is 11.1. The molecule has 2 N–H and O–H groups in total. The molecule has 23 heavy (non-hydrogen) atoms. The summed E-state index contributed by atoms with van der Waals surface area (Å²) in [5, 5.41) is 13.6. The molecule has 0 spiro atoms. The normalized spacial score (nSPS) is 11.6. The number of aliphatic carboxylic acids is 1. The van der Waals surface area contributed by atoms with Crippen LogP contribution in [-0.2, 0) is 4.79 Å². The van der Waals surface area contributed by atoms with Gasteiger partial charge < -0.3 is 19.9 Å². The van der Waals surface area contributed by atoms with Gasteiger partial charge in [-0.15, -0.1) is 11.3 Å². The quantitative estimate of drug-likeness (QED) is 0.813.